The molecule has 4 heteroatoms. The highest BCUT2D eigenvalue weighted by atomic mass is 31.2. The highest BCUT2D eigenvalue weighted by Gasteiger charge is 2.27. The van der Waals surface area contributed by atoms with Crippen molar-refractivity contribution in [2.75, 3.05) is 0 Å². The topological polar surface area (TPSA) is 0 Å². The Morgan fingerprint density at radius 3 is 0.531 bits per heavy atom. The van der Waals surface area contributed by atoms with Gasteiger partial charge in [-0.05, 0) is 0 Å². The molecule has 0 N–H and O–H groups in total. The first-order valence-corrected chi connectivity index (χ1v) is 19.3. The Hall–Kier alpha value is 1.72. The first kappa shape index (κ1) is 33.7. The Balaban J connectivity index is 6.34. The van der Waals surface area contributed by atoms with E-state index in [2.05, 4.69) is 111 Å². The van der Waals surface area contributed by atoms with Gasteiger partial charge < -0.3 is 0 Å². The molecular weight excluding hydrogens is 460 g/mol. The quantitative estimate of drug-likeness (QED) is 0.149. The fraction of sp³-hybridized carbons (Fsp3) is 0.929. The van der Waals surface area contributed by atoms with Gasteiger partial charge in [0.2, 0.25) is 0 Å². The van der Waals surface area contributed by atoms with Crippen molar-refractivity contribution in [3.63, 3.8) is 0 Å². The number of hydrogen-bond acceptors (Lipinski definition) is 0. The lowest BCUT2D eigenvalue weighted by atomic mass is 10.4. The number of hydrogen-bond donors (Lipinski definition) is 0. The molecule has 0 aromatic heterocycles. The zero-order chi connectivity index (χ0) is 25.5. The van der Waals surface area contributed by atoms with Gasteiger partial charge in [-0.15, -0.1) is 0 Å². The smallest absolute Gasteiger partial charge is 0.0540 e. The molecule has 32 heavy (non-hydrogen) atoms. The second kappa shape index (κ2) is 15.7. The van der Waals surface area contributed by atoms with Crippen LogP contribution in [0.1, 0.15) is 124 Å². The molecule has 0 bridgehead atoms. The second-order valence-corrected chi connectivity index (χ2v) is 26.1. The minimum atomic E-state index is -0.0303. The molecule has 0 heterocycles. The summed E-state index contributed by atoms with van der Waals surface area (Å²) in [4.78, 5) is 0. The van der Waals surface area contributed by atoms with Gasteiger partial charge in [0.1, 0.15) is 0 Å². The minimum Gasteiger partial charge on any atom is -0.263 e. The average molecular weight is 521 g/mol. The van der Waals surface area contributed by atoms with E-state index >= 15 is 0 Å². The van der Waals surface area contributed by atoms with Crippen LogP contribution in [0.25, 0.3) is 0 Å². The van der Waals surface area contributed by atoms with Gasteiger partial charge >= 0.3 is 0 Å². The van der Waals surface area contributed by atoms with E-state index < -0.39 is 0 Å². The van der Waals surface area contributed by atoms with E-state index in [0.717, 1.165) is 45.3 Å². The standard InChI is InChI=1S/C28H60P4/c1-19(2)29(20(3)4)27(30(21(5)6)22(7)8)17-18-28(31(23(9)10)24(11)12)32(25(13)14)26(15)16/h19-26H,17-18H2,1-16H3/q-2. The van der Waals surface area contributed by atoms with Gasteiger partial charge in [0, 0.05) is 0 Å². The van der Waals surface area contributed by atoms with Crippen molar-refractivity contribution in [3.8, 4) is 0 Å². The van der Waals surface area contributed by atoms with E-state index in [4.69, 9.17) is 0 Å². The van der Waals surface area contributed by atoms with Crippen molar-refractivity contribution in [2.45, 2.75) is 169 Å². The molecule has 0 rings (SSSR count). The molecule has 0 aliphatic carbocycles. The first-order chi connectivity index (χ1) is 14.6. The van der Waals surface area contributed by atoms with Crippen LogP contribution in [0.4, 0.5) is 0 Å². The molecule has 0 saturated carbocycles. The lowest BCUT2D eigenvalue weighted by Crippen LogP contribution is -2.20. The summed E-state index contributed by atoms with van der Waals surface area (Å²) in [5.74, 6) is 0. The van der Waals surface area contributed by atoms with Crippen LogP contribution >= 0.6 is 31.7 Å². The largest absolute Gasteiger partial charge is 0.263 e. The highest BCUT2D eigenvalue weighted by Crippen LogP contribution is 2.77. The molecule has 0 fully saturated rings. The van der Waals surface area contributed by atoms with Crippen LogP contribution in [0.5, 0.6) is 0 Å². The van der Waals surface area contributed by atoms with E-state index in [-0.39, 0.29) is 31.7 Å². The van der Waals surface area contributed by atoms with Gasteiger partial charge in [0.15, 0.2) is 0 Å². The summed E-state index contributed by atoms with van der Waals surface area (Å²) < 4.78 is 0. The Morgan fingerprint density at radius 1 is 0.312 bits per heavy atom. The lowest BCUT2D eigenvalue weighted by Gasteiger charge is -2.61. The molecule has 0 unspecified atom stereocenters. The molecule has 194 valence electrons. The van der Waals surface area contributed by atoms with Crippen LogP contribution in [0.15, 0.2) is 0 Å². The van der Waals surface area contributed by atoms with E-state index in [1.165, 1.54) is 12.8 Å². The predicted octanol–water partition coefficient (Wildman–Crippen LogP) is 11.9. The molecule has 0 aliphatic heterocycles. The summed E-state index contributed by atoms with van der Waals surface area (Å²) in [7, 11) is -0.121. The zero-order valence-corrected chi connectivity index (χ0v) is 28.4. The lowest BCUT2D eigenvalue weighted by molar-refractivity contribution is 0.888. The van der Waals surface area contributed by atoms with E-state index in [9.17, 15) is 0 Å². The molecule has 0 radical (unpaired) electrons. The summed E-state index contributed by atoms with van der Waals surface area (Å²) in [6, 6.07) is 0. The maximum absolute atomic E-state index is 2.51. The van der Waals surface area contributed by atoms with Crippen molar-refractivity contribution in [2.24, 2.45) is 0 Å². The van der Waals surface area contributed by atoms with Crippen LogP contribution in [0.3, 0.4) is 0 Å². The third kappa shape index (κ3) is 10.00. The molecular formula is C28H60P4-2. The predicted molar refractivity (Wildman–Crippen MR) is 164 cm³/mol. The average Bonchev–Trinajstić information content (AvgIpc) is 2.56. The van der Waals surface area contributed by atoms with Gasteiger partial charge in [-0.2, -0.15) is 12.8 Å². The monoisotopic (exact) mass is 520 g/mol. The normalized spacial score (nSPS) is 14.1. The summed E-state index contributed by atoms with van der Waals surface area (Å²) >= 11 is 0. The van der Waals surface area contributed by atoms with Gasteiger partial charge in [0.05, 0.1) is 0 Å². The van der Waals surface area contributed by atoms with E-state index in [1.54, 1.807) is 0 Å². The van der Waals surface area contributed by atoms with Crippen LogP contribution in [0, 0.1) is 10.8 Å². The third-order valence-corrected chi connectivity index (χ3v) is 21.2. The van der Waals surface area contributed by atoms with Gasteiger partial charge in [0.25, 0.3) is 0 Å². The van der Waals surface area contributed by atoms with Crippen LogP contribution in [-0.4, -0.2) is 45.3 Å². The maximum atomic E-state index is 2.51. The van der Waals surface area contributed by atoms with Gasteiger partial charge in [-0.3, -0.25) is 42.5 Å². The van der Waals surface area contributed by atoms with E-state index in [0.29, 0.717) is 0 Å². The molecule has 0 aromatic carbocycles. The Kier molecular flexibility index (Phi) is 16.6. The first-order valence-electron chi connectivity index (χ1n) is 13.4. The summed E-state index contributed by atoms with van der Waals surface area (Å²) in [5, 5.41) is 4.07. The fourth-order valence-corrected chi connectivity index (χ4v) is 24.5. The summed E-state index contributed by atoms with van der Waals surface area (Å²) in [6.07, 6.45) is 2.77. The van der Waals surface area contributed by atoms with Crippen LogP contribution in [-0.2, 0) is 0 Å². The Labute approximate surface area is 211 Å². The van der Waals surface area contributed by atoms with Gasteiger partial charge in [-0.25, -0.2) is 0 Å². The maximum Gasteiger partial charge on any atom is -0.0540 e. The molecule has 0 spiro atoms. The molecule has 0 aromatic rings. The van der Waals surface area contributed by atoms with Crippen molar-refractivity contribution >= 4 is 31.7 Å². The zero-order valence-electron chi connectivity index (χ0n) is 24.8. The van der Waals surface area contributed by atoms with Crippen molar-refractivity contribution < 1.29 is 0 Å². The second-order valence-electron chi connectivity index (χ2n) is 11.7. The molecule has 0 nitrogen and oxygen atoms in total. The minimum absolute atomic E-state index is 0.0303. The molecule has 0 atom stereocenters. The van der Waals surface area contributed by atoms with Crippen molar-refractivity contribution in [1.82, 2.24) is 0 Å². The SMILES string of the molecule is CC(C)P([C-](CC[C-](P(C(C)C)C(C)C)P(C(C)C)C(C)C)P(C(C)C)C(C)C)C(C)C. The molecule has 0 saturated heterocycles. The molecule has 0 amide bonds. The Bertz CT molecular complexity index is 366. The van der Waals surface area contributed by atoms with Crippen molar-refractivity contribution in [3.05, 3.63) is 10.8 Å². The van der Waals surface area contributed by atoms with Crippen LogP contribution in [0.2, 0.25) is 0 Å². The molecule has 0 aliphatic rings. The van der Waals surface area contributed by atoms with Gasteiger partial charge in [-0.1, -0.05) is 156 Å². The Morgan fingerprint density at radius 2 is 0.438 bits per heavy atom. The van der Waals surface area contributed by atoms with Crippen molar-refractivity contribution in [1.29, 1.82) is 0 Å². The van der Waals surface area contributed by atoms with E-state index in [1.807, 2.05) is 10.8 Å². The summed E-state index contributed by atoms with van der Waals surface area (Å²) in [5.41, 5.74) is 6.44. The van der Waals surface area contributed by atoms with Crippen LogP contribution < -0.4 is 0 Å². The summed E-state index contributed by atoms with van der Waals surface area (Å²) in [6.45, 7) is 40.1. The number of rotatable bonds is 15. The third-order valence-electron chi connectivity index (χ3n) is 6.22. The highest BCUT2D eigenvalue weighted by molar-refractivity contribution is 7.82. The fourth-order valence-electron chi connectivity index (χ4n) is 5.78.